The lowest BCUT2D eigenvalue weighted by molar-refractivity contribution is -0.271. The van der Waals surface area contributed by atoms with Crippen LogP contribution in [0.5, 0.6) is 0 Å². The van der Waals surface area contributed by atoms with Gasteiger partial charge in [-0.2, -0.15) is 0 Å². The molecular weight excluding hydrogens is 544 g/mol. The number of carbonyl (C=O) groups excluding carboxylic acids is 5. The van der Waals surface area contributed by atoms with Crippen LogP contribution in [-0.4, -0.2) is 99.1 Å². The van der Waals surface area contributed by atoms with Gasteiger partial charge in [0.2, 0.25) is 12.2 Å². The summed E-state index contributed by atoms with van der Waals surface area (Å²) in [6.07, 6.45) is -5.20. The first-order valence-electron chi connectivity index (χ1n) is 13.7. The zero-order chi connectivity index (χ0) is 30.9. The zero-order valence-electron chi connectivity index (χ0n) is 25.1. The third-order valence-electron chi connectivity index (χ3n) is 6.31. The summed E-state index contributed by atoms with van der Waals surface area (Å²) >= 11 is 0. The molecule has 2 saturated heterocycles. The number of hydrogen-bond acceptors (Lipinski definition) is 13. The molecule has 1 amide bonds. The van der Waals surface area contributed by atoms with Crippen molar-refractivity contribution in [1.82, 2.24) is 10.6 Å². The summed E-state index contributed by atoms with van der Waals surface area (Å²) in [5.74, 6) is -3.58. The first-order chi connectivity index (χ1) is 19.1. The van der Waals surface area contributed by atoms with Crippen LogP contribution in [0.2, 0.25) is 0 Å². The highest BCUT2D eigenvalue weighted by Gasteiger charge is 2.52. The van der Waals surface area contributed by atoms with Crippen molar-refractivity contribution < 1.29 is 57.1 Å². The van der Waals surface area contributed by atoms with Crippen molar-refractivity contribution in [2.45, 2.75) is 105 Å². The van der Waals surface area contributed by atoms with E-state index in [4.69, 9.17) is 33.2 Å². The summed E-state index contributed by atoms with van der Waals surface area (Å²) in [5.41, 5.74) is -0.0650. The van der Waals surface area contributed by atoms with Gasteiger partial charge < -0.3 is 43.8 Å². The summed E-state index contributed by atoms with van der Waals surface area (Å²) in [7, 11) is 0. The highest BCUT2D eigenvalue weighted by Crippen LogP contribution is 2.28. The molecule has 0 aromatic carbocycles. The number of ether oxygens (including phenoxy) is 7. The number of amides is 1. The normalized spacial score (nSPS) is 26.9. The number of carbonyl (C=O) groups is 5. The smallest absolute Gasteiger partial charge is 0.305 e. The lowest BCUT2D eigenvalue weighted by atomic mass is 9.94. The van der Waals surface area contributed by atoms with Gasteiger partial charge in [0.25, 0.3) is 0 Å². The summed E-state index contributed by atoms with van der Waals surface area (Å²) in [4.78, 5) is 61.0. The minimum absolute atomic E-state index is 0.0650. The van der Waals surface area contributed by atoms with Crippen molar-refractivity contribution in [3.8, 4) is 0 Å². The summed E-state index contributed by atoms with van der Waals surface area (Å²) < 4.78 is 38.6. The van der Waals surface area contributed by atoms with Crippen LogP contribution in [0.1, 0.15) is 61.8 Å². The van der Waals surface area contributed by atoms with Gasteiger partial charge in [-0.25, -0.2) is 0 Å². The van der Waals surface area contributed by atoms with E-state index in [0.29, 0.717) is 26.2 Å². The topological polar surface area (TPSA) is 174 Å². The van der Waals surface area contributed by atoms with E-state index in [-0.39, 0.29) is 11.3 Å². The quantitative estimate of drug-likeness (QED) is 0.240. The van der Waals surface area contributed by atoms with Crippen LogP contribution in [0, 0.1) is 11.3 Å². The minimum atomic E-state index is -1.46. The molecule has 2 heterocycles. The molecule has 2 aliphatic rings. The van der Waals surface area contributed by atoms with Gasteiger partial charge in [-0.15, -0.1) is 0 Å². The summed E-state index contributed by atoms with van der Waals surface area (Å²) in [6.45, 7) is 13.5. The predicted molar refractivity (Wildman–Crippen MR) is 141 cm³/mol. The molecule has 0 radical (unpaired) electrons. The van der Waals surface area contributed by atoms with Crippen LogP contribution in [0.15, 0.2) is 0 Å². The molecule has 2 rings (SSSR count). The maximum absolute atomic E-state index is 13.6. The second-order valence-corrected chi connectivity index (χ2v) is 11.3. The molecule has 234 valence electrons. The van der Waals surface area contributed by atoms with E-state index >= 15 is 0 Å². The maximum Gasteiger partial charge on any atom is 0.305 e. The monoisotopic (exact) mass is 588 g/mol. The standard InChI is InChI=1S/C27H44N2O12/c1-14(2)21(28-10-9-20-36-12-27(7,8)13-37-20)25(34)29-22-24(39-17(5)32)23(38-16(4)31)19(11-35-15(3)30)41-26(22)40-18(6)33/h14,19-24,26,28H,9-13H2,1-8H3,(H,29,34)/t19-,21+,22-,23-,24-,26+/m1/s1. The zero-order valence-corrected chi connectivity index (χ0v) is 25.1. The van der Waals surface area contributed by atoms with Crippen LogP contribution in [-0.2, 0) is 57.1 Å². The van der Waals surface area contributed by atoms with Crippen LogP contribution >= 0.6 is 0 Å². The van der Waals surface area contributed by atoms with E-state index in [1.54, 1.807) is 0 Å². The molecule has 0 aromatic rings. The average Bonchev–Trinajstić information content (AvgIpc) is 2.83. The Morgan fingerprint density at radius 2 is 1.41 bits per heavy atom. The molecule has 6 atom stereocenters. The van der Waals surface area contributed by atoms with Gasteiger partial charge in [-0.1, -0.05) is 27.7 Å². The lowest BCUT2D eigenvalue weighted by Crippen LogP contribution is -2.68. The number of hydrogen-bond donors (Lipinski definition) is 2. The van der Waals surface area contributed by atoms with Crippen LogP contribution in [0.25, 0.3) is 0 Å². The van der Waals surface area contributed by atoms with Gasteiger partial charge in [0, 0.05) is 46.1 Å². The van der Waals surface area contributed by atoms with Crippen molar-refractivity contribution in [3.63, 3.8) is 0 Å². The van der Waals surface area contributed by atoms with Gasteiger partial charge in [-0.05, 0) is 5.92 Å². The van der Waals surface area contributed by atoms with Crippen LogP contribution in [0.3, 0.4) is 0 Å². The van der Waals surface area contributed by atoms with Crippen molar-refractivity contribution in [2.24, 2.45) is 11.3 Å². The van der Waals surface area contributed by atoms with Gasteiger partial charge >= 0.3 is 23.9 Å². The molecule has 2 N–H and O–H groups in total. The van der Waals surface area contributed by atoms with Crippen molar-refractivity contribution >= 4 is 29.8 Å². The fraction of sp³-hybridized carbons (Fsp3) is 0.815. The van der Waals surface area contributed by atoms with Gasteiger partial charge in [-0.3, -0.25) is 24.0 Å². The molecule has 0 saturated carbocycles. The van der Waals surface area contributed by atoms with E-state index in [0.717, 1.165) is 20.8 Å². The Kier molecular flexibility index (Phi) is 12.9. The van der Waals surface area contributed by atoms with E-state index in [9.17, 15) is 24.0 Å². The van der Waals surface area contributed by atoms with Gasteiger partial charge in [0.1, 0.15) is 18.8 Å². The van der Waals surface area contributed by atoms with E-state index < -0.39 is 79.4 Å². The first-order valence-corrected chi connectivity index (χ1v) is 13.7. The van der Waals surface area contributed by atoms with E-state index in [1.165, 1.54) is 6.92 Å². The summed E-state index contributed by atoms with van der Waals surface area (Å²) in [6, 6.07) is -2.00. The van der Waals surface area contributed by atoms with E-state index in [1.807, 2.05) is 27.7 Å². The molecule has 14 nitrogen and oxygen atoms in total. The number of nitrogens with one attached hydrogen (secondary N) is 2. The third-order valence-corrected chi connectivity index (χ3v) is 6.31. The maximum atomic E-state index is 13.6. The van der Waals surface area contributed by atoms with Gasteiger partial charge in [0.05, 0.1) is 19.3 Å². The first kappa shape index (κ1) is 34.4. The molecule has 14 heteroatoms. The molecule has 0 aliphatic carbocycles. The van der Waals surface area contributed by atoms with Crippen molar-refractivity contribution in [2.75, 3.05) is 26.4 Å². The van der Waals surface area contributed by atoms with Crippen molar-refractivity contribution in [3.05, 3.63) is 0 Å². The Morgan fingerprint density at radius 3 is 1.93 bits per heavy atom. The van der Waals surface area contributed by atoms with Crippen LogP contribution in [0.4, 0.5) is 0 Å². The highest BCUT2D eigenvalue weighted by atomic mass is 16.7. The molecule has 41 heavy (non-hydrogen) atoms. The summed E-state index contributed by atoms with van der Waals surface area (Å²) in [5, 5.41) is 5.96. The minimum Gasteiger partial charge on any atom is -0.463 e. The largest absolute Gasteiger partial charge is 0.463 e. The van der Waals surface area contributed by atoms with Gasteiger partial charge in [0.15, 0.2) is 18.5 Å². The fourth-order valence-electron chi connectivity index (χ4n) is 4.46. The molecule has 2 aliphatic heterocycles. The lowest BCUT2D eigenvalue weighted by Gasteiger charge is -2.44. The Balaban J connectivity index is 2.25. The fourth-order valence-corrected chi connectivity index (χ4v) is 4.46. The molecule has 0 spiro atoms. The molecular formula is C27H44N2O12. The highest BCUT2D eigenvalue weighted by molar-refractivity contribution is 5.82. The Labute approximate surface area is 240 Å². The third kappa shape index (κ3) is 11.2. The Bertz CT molecular complexity index is 929. The number of esters is 4. The Hall–Kier alpha value is -2.81. The predicted octanol–water partition coefficient (Wildman–Crippen LogP) is 0.589. The number of rotatable bonds is 12. The second kappa shape index (κ2) is 15.4. The molecule has 0 bridgehead atoms. The molecule has 2 fully saturated rings. The molecule has 0 aromatic heterocycles. The van der Waals surface area contributed by atoms with Crippen LogP contribution < -0.4 is 10.6 Å². The average molecular weight is 589 g/mol. The molecule has 0 unspecified atom stereocenters. The van der Waals surface area contributed by atoms with Crippen molar-refractivity contribution in [1.29, 1.82) is 0 Å². The second-order valence-electron chi connectivity index (χ2n) is 11.3. The Morgan fingerprint density at radius 1 is 0.854 bits per heavy atom. The SMILES string of the molecule is CC(=O)OC[C@H]1O[C@H](OC(C)=O)[C@H](NC(=O)[C@@H](NCCC2OCC(C)(C)CO2)C(C)C)[C@@H](OC(C)=O)[C@@H]1OC(C)=O. The van der Waals surface area contributed by atoms with E-state index in [2.05, 4.69) is 10.6 Å².